The second kappa shape index (κ2) is 12.6. The number of nitrogens with zero attached hydrogens (tertiary/aromatic N) is 1. The lowest BCUT2D eigenvalue weighted by atomic mass is 9.95. The first kappa shape index (κ1) is 28.7. The van der Waals surface area contributed by atoms with E-state index < -0.39 is 23.5 Å². The lowest BCUT2D eigenvalue weighted by Gasteiger charge is -2.31. The largest absolute Gasteiger partial charge is 0.466 e. The minimum Gasteiger partial charge on any atom is -0.466 e. The molecule has 1 fully saturated rings. The van der Waals surface area contributed by atoms with Crippen LogP contribution in [0.2, 0.25) is 0 Å². The molecule has 0 radical (unpaired) electrons. The Balaban J connectivity index is 1.67. The van der Waals surface area contributed by atoms with Gasteiger partial charge in [-0.05, 0) is 67.3 Å². The van der Waals surface area contributed by atoms with Crippen LogP contribution in [0.25, 0.3) is 5.57 Å². The Morgan fingerprint density at radius 1 is 0.946 bits per heavy atom. The molecule has 1 saturated heterocycles. The molecular formula is C27H29F6NO3. The van der Waals surface area contributed by atoms with E-state index in [1.807, 2.05) is 0 Å². The minimum atomic E-state index is -4.50. The number of hydrogen-bond acceptors (Lipinski definition) is 4. The molecular weight excluding hydrogens is 500 g/mol. The third-order valence-corrected chi connectivity index (χ3v) is 6.13. The average Bonchev–Trinajstić information content (AvgIpc) is 2.86. The smallest absolute Gasteiger partial charge is 0.416 e. The van der Waals surface area contributed by atoms with Crippen LogP contribution in [0, 0.1) is 5.92 Å². The van der Waals surface area contributed by atoms with E-state index in [9.17, 15) is 31.1 Å². The van der Waals surface area contributed by atoms with E-state index in [4.69, 9.17) is 9.47 Å². The number of rotatable bonds is 9. The van der Waals surface area contributed by atoms with Crippen LogP contribution in [-0.4, -0.2) is 50.3 Å². The van der Waals surface area contributed by atoms with E-state index in [0.717, 1.165) is 43.7 Å². The third-order valence-electron chi connectivity index (χ3n) is 6.13. The van der Waals surface area contributed by atoms with Gasteiger partial charge in [0.2, 0.25) is 0 Å². The fourth-order valence-corrected chi connectivity index (χ4v) is 4.21. The van der Waals surface area contributed by atoms with Gasteiger partial charge < -0.3 is 14.4 Å². The second-order valence-corrected chi connectivity index (χ2v) is 8.73. The Hall–Kier alpha value is -2.85. The summed E-state index contributed by atoms with van der Waals surface area (Å²) in [4.78, 5) is 14.1. The van der Waals surface area contributed by atoms with Crippen molar-refractivity contribution in [3.8, 4) is 0 Å². The normalized spacial score (nSPS) is 16.9. The summed E-state index contributed by atoms with van der Waals surface area (Å²) >= 11 is 0. The van der Waals surface area contributed by atoms with Crippen molar-refractivity contribution in [1.29, 1.82) is 0 Å². The summed E-state index contributed by atoms with van der Waals surface area (Å²) in [6.07, 6.45) is -5.71. The third kappa shape index (κ3) is 8.33. The summed E-state index contributed by atoms with van der Waals surface area (Å²) in [7, 11) is 0. The molecule has 0 saturated carbocycles. The number of hydrogen-bond donors (Lipinski definition) is 0. The molecule has 202 valence electrons. The minimum absolute atomic E-state index is 0.104. The van der Waals surface area contributed by atoms with Crippen LogP contribution in [0.1, 0.15) is 42.0 Å². The molecule has 0 amide bonds. The summed E-state index contributed by atoms with van der Waals surface area (Å²) in [5.74, 6) is -0.367. The molecule has 1 aliphatic rings. The molecule has 4 nitrogen and oxygen atoms in total. The number of ether oxygens (including phenoxy) is 2. The Labute approximate surface area is 211 Å². The van der Waals surface area contributed by atoms with Gasteiger partial charge in [0.15, 0.2) is 0 Å². The van der Waals surface area contributed by atoms with Gasteiger partial charge in [0, 0.05) is 13.1 Å². The SMILES string of the molecule is CCOC(=O)[C@@H]1CCCN(CCOCC=C(c2ccc(C(F)(F)F)cc2)c2ccc(C(F)(F)F)cc2)C1. The second-order valence-electron chi connectivity index (χ2n) is 8.73. The van der Waals surface area contributed by atoms with Gasteiger partial charge in [-0.25, -0.2) is 0 Å². The van der Waals surface area contributed by atoms with Gasteiger partial charge in [-0.1, -0.05) is 30.3 Å². The highest BCUT2D eigenvalue weighted by atomic mass is 19.4. The Morgan fingerprint density at radius 3 is 1.97 bits per heavy atom. The highest BCUT2D eigenvalue weighted by Crippen LogP contribution is 2.33. The van der Waals surface area contributed by atoms with Gasteiger partial charge >= 0.3 is 18.3 Å². The van der Waals surface area contributed by atoms with Crippen LogP contribution < -0.4 is 0 Å². The predicted molar refractivity (Wildman–Crippen MR) is 127 cm³/mol. The molecule has 1 aliphatic heterocycles. The molecule has 0 N–H and O–H groups in total. The standard InChI is InChI=1S/C27H29F6NO3/c1-2-37-25(35)21-4-3-14-34(18-21)15-17-36-16-13-24(19-5-9-22(10-6-19)26(28,29)30)20-7-11-23(12-8-20)27(31,32)33/h5-13,21H,2-4,14-18H2,1H3/t21-/m1/s1. The first-order valence-corrected chi connectivity index (χ1v) is 12.0. The number of carbonyl (C=O) groups excluding carboxylic acids is 1. The number of piperidine rings is 1. The van der Waals surface area contributed by atoms with Gasteiger partial charge in [-0.2, -0.15) is 26.3 Å². The van der Waals surface area contributed by atoms with Crippen molar-refractivity contribution in [2.45, 2.75) is 32.1 Å². The highest BCUT2D eigenvalue weighted by Gasteiger charge is 2.31. The van der Waals surface area contributed by atoms with Gasteiger partial charge in [0.1, 0.15) is 0 Å². The topological polar surface area (TPSA) is 38.8 Å². The molecule has 2 aromatic carbocycles. The fraction of sp³-hybridized carbons (Fsp3) is 0.444. The number of likely N-dealkylation sites (tertiary alicyclic amines) is 1. The highest BCUT2D eigenvalue weighted by molar-refractivity contribution is 5.80. The van der Waals surface area contributed by atoms with Crippen LogP contribution in [0.4, 0.5) is 26.3 Å². The van der Waals surface area contributed by atoms with Crippen molar-refractivity contribution < 1.29 is 40.6 Å². The van der Waals surface area contributed by atoms with Gasteiger partial charge in [0.25, 0.3) is 0 Å². The van der Waals surface area contributed by atoms with E-state index in [2.05, 4.69) is 4.90 Å². The summed E-state index contributed by atoms with van der Waals surface area (Å²) < 4.78 is 88.7. The molecule has 0 unspecified atom stereocenters. The molecule has 37 heavy (non-hydrogen) atoms. The maximum Gasteiger partial charge on any atom is 0.416 e. The zero-order chi connectivity index (χ0) is 27.1. The molecule has 0 spiro atoms. The molecule has 2 aromatic rings. The van der Waals surface area contributed by atoms with Gasteiger partial charge in [-0.15, -0.1) is 0 Å². The van der Waals surface area contributed by atoms with Crippen molar-refractivity contribution in [2.75, 3.05) is 39.5 Å². The van der Waals surface area contributed by atoms with Crippen molar-refractivity contribution >= 4 is 11.5 Å². The molecule has 0 aromatic heterocycles. The molecule has 10 heteroatoms. The van der Waals surface area contributed by atoms with Crippen molar-refractivity contribution in [2.24, 2.45) is 5.92 Å². The van der Waals surface area contributed by atoms with Crippen LogP contribution in [0.5, 0.6) is 0 Å². The maximum absolute atomic E-state index is 13.0. The van der Waals surface area contributed by atoms with Crippen molar-refractivity contribution in [1.82, 2.24) is 4.90 Å². The van der Waals surface area contributed by atoms with Gasteiger partial charge in [0.05, 0.1) is 36.9 Å². The maximum atomic E-state index is 13.0. The number of alkyl halides is 6. The first-order valence-electron chi connectivity index (χ1n) is 12.0. The monoisotopic (exact) mass is 529 g/mol. The predicted octanol–water partition coefficient (Wildman–Crippen LogP) is 6.45. The Bertz CT molecular complexity index is 986. The quantitative estimate of drug-likeness (QED) is 0.213. The summed E-state index contributed by atoms with van der Waals surface area (Å²) in [6.45, 7) is 4.55. The molecule has 0 bridgehead atoms. The van der Waals surface area contributed by atoms with E-state index >= 15 is 0 Å². The number of benzene rings is 2. The van der Waals surface area contributed by atoms with Crippen LogP contribution >= 0.6 is 0 Å². The van der Waals surface area contributed by atoms with Crippen molar-refractivity contribution in [3.05, 3.63) is 76.9 Å². The number of carbonyl (C=O) groups is 1. The van der Waals surface area contributed by atoms with Crippen LogP contribution in [-0.2, 0) is 26.6 Å². The van der Waals surface area contributed by atoms with Crippen molar-refractivity contribution in [3.63, 3.8) is 0 Å². The average molecular weight is 530 g/mol. The summed E-state index contributed by atoms with van der Waals surface area (Å²) in [5, 5.41) is 0. The molecule has 1 atom stereocenters. The molecule has 0 aliphatic carbocycles. The van der Waals surface area contributed by atoms with E-state index in [0.29, 0.717) is 43.0 Å². The lowest BCUT2D eigenvalue weighted by Crippen LogP contribution is -2.40. The zero-order valence-corrected chi connectivity index (χ0v) is 20.4. The number of esters is 1. The lowest BCUT2D eigenvalue weighted by molar-refractivity contribution is -0.150. The summed E-state index contributed by atoms with van der Waals surface area (Å²) in [6, 6.07) is 8.89. The van der Waals surface area contributed by atoms with E-state index in [1.165, 1.54) is 24.3 Å². The van der Waals surface area contributed by atoms with E-state index in [-0.39, 0.29) is 18.5 Å². The summed E-state index contributed by atoms with van der Waals surface area (Å²) in [5.41, 5.74) is -0.332. The molecule has 1 heterocycles. The van der Waals surface area contributed by atoms with E-state index in [1.54, 1.807) is 13.0 Å². The van der Waals surface area contributed by atoms with Gasteiger partial charge in [-0.3, -0.25) is 4.79 Å². The first-order chi connectivity index (χ1) is 17.5. The fourth-order valence-electron chi connectivity index (χ4n) is 4.21. The van der Waals surface area contributed by atoms with Crippen LogP contribution in [0.3, 0.4) is 0 Å². The Morgan fingerprint density at radius 2 is 1.49 bits per heavy atom. The number of halogens is 6. The Kier molecular flexibility index (Phi) is 9.78. The zero-order valence-electron chi connectivity index (χ0n) is 20.4. The van der Waals surface area contributed by atoms with Crippen LogP contribution in [0.15, 0.2) is 54.6 Å². The molecule has 3 rings (SSSR count).